The molecule has 1 aromatic heterocycles. The molecule has 0 unspecified atom stereocenters. The summed E-state index contributed by atoms with van der Waals surface area (Å²) in [5.74, 6) is 0.518. The second-order valence-corrected chi connectivity index (χ2v) is 5.87. The van der Waals surface area contributed by atoms with Crippen LogP contribution < -0.4 is 15.3 Å². The number of esters is 1. The molecule has 0 aliphatic carbocycles. The molecule has 0 spiro atoms. The standard InChI is InChI=1S/C19H17NO4/c1-10-6-5-7-14-17(10)20-18(24-19(14)22)15-8-12(3)16(9-11(15)2)23-13(4)21/h5-9H,1-4H3/p+1. The third-order valence-electron chi connectivity index (χ3n) is 3.95. The van der Waals surface area contributed by atoms with Crippen molar-refractivity contribution in [3.63, 3.8) is 0 Å². The number of carbonyl (C=O) groups excluding carboxylic acids is 1. The number of ether oxygens (including phenoxy) is 1. The minimum Gasteiger partial charge on any atom is -0.426 e. The maximum atomic E-state index is 12.3. The zero-order valence-electron chi connectivity index (χ0n) is 14.0. The van der Waals surface area contributed by atoms with E-state index < -0.39 is 0 Å². The fourth-order valence-corrected chi connectivity index (χ4v) is 2.71. The first kappa shape index (κ1) is 15.9. The molecule has 24 heavy (non-hydrogen) atoms. The van der Waals surface area contributed by atoms with Crippen molar-refractivity contribution in [3.05, 3.63) is 57.4 Å². The lowest BCUT2D eigenvalue weighted by atomic mass is 10.0. The zero-order chi connectivity index (χ0) is 17.4. The fourth-order valence-electron chi connectivity index (χ4n) is 2.71. The molecule has 0 saturated carbocycles. The molecule has 5 heteroatoms. The molecule has 0 saturated heterocycles. The van der Waals surface area contributed by atoms with E-state index in [1.165, 1.54) is 6.92 Å². The summed E-state index contributed by atoms with van der Waals surface area (Å²) < 4.78 is 10.7. The second kappa shape index (κ2) is 5.92. The van der Waals surface area contributed by atoms with E-state index in [1.54, 1.807) is 12.1 Å². The van der Waals surface area contributed by atoms with Gasteiger partial charge in [0.15, 0.2) is 0 Å². The molecule has 122 valence electrons. The Morgan fingerprint density at radius 2 is 1.83 bits per heavy atom. The van der Waals surface area contributed by atoms with Crippen LogP contribution in [-0.4, -0.2) is 5.97 Å². The van der Waals surface area contributed by atoms with Crippen molar-refractivity contribution in [1.82, 2.24) is 0 Å². The molecule has 0 fully saturated rings. The molecule has 0 bridgehead atoms. The largest absolute Gasteiger partial charge is 0.426 e. The number of nitrogens with one attached hydrogen (secondary N) is 1. The van der Waals surface area contributed by atoms with Gasteiger partial charge in [0.1, 0.15) is 11.1 Å². The molecular formula is C19H18NO4+. The normalized spacial score (nSPS) is 10.8. The van der Waals surface area contributed by atoms with Crippen molar-refractivity contribution >= 4 is 16.9 Å². The van der Waals surface area contributed by atoms with Crippen LogP contribution in [0.4, 0.5) is 0 Å². The average Bonchev–Trinajstić information content (AvgIpc) is 2.51. The van der Waals surface area contributed by atoms with Gasteiger partial charge in [-0.15, -0.1) is 0 Å². The van der Waals surface area contributed by atoms with Gasteiger partial charge in [0, 0.05) is 12.5 Å². The van der Waals surface area contributed by atoms with Crippen LogP contribution in [0.15, 0.2) is 39.5 Å². The molecule has 1 heterocycles. The Balaban J connectivity index is 2.21. The monoisotopic (exact) mass is 324 g/mol. The minimum absolute atomic E-state index is 0.371. The highest BCUT2D eigenvalue weighted by atomic mass is 16.5. The summed E-state index contributed by atoms with van der Waals surface area (Å²) in [7, 11) is 0. The molecule has 1 N–H and O–H groups in total. The summed E-state index contributed by atoms with van der Waals surface area (Å²) in [5, 5.41) is 0.518. The summed E-state index contributed by atoms with van der Waals surface area (Å²) in [5.41, 5.74) is 3.71. The summed E-state index contributed by atoms with van der Waals surface area (Å²) in [6, 6.07) is 9.10. The van der Waals surface area contributed by atoms with Crippen LogP contribution in [0.3, 0.4) is 0 Å². The minimum atomic E-state index is -0.386. The first-order chi connectivity index (χ1) is 11.4. The van der Waals surface area contributed by atoms with E-state index in [1.807, 2.05) is 39.0 Å². The number of benzene rings is 2. The number of aryl methyl sites for hydroxylation is 3. The van der Waals surface area contributed by atoms with Crippen LogP contribution in [0.2, 0.25) is 0 Å². The molecule has 3 aromatic rings. The van der Waals surface area contributed by atoms with Gasteiger partial charge in [-0.1, -0.05) is 12.1 Å². The lowest BCUT2D eigenvalue weighted by Gasteiger charge is -2.09. The van der Waals surface area contributed by atoms with Crippen molar-refractivity contribution in [2.24, 2.45) is 0 Å². The molecule has 0 aliphatic rings. The highest BCUT2D eigenvalue weighted by Gasteiger charge is 2.20. The Morgan fingerprint density at radius 1 is 1.08 bits per heavy atom. The number of aromatic amines is 1. The Hall–Kier alpha value is -2.95. The van der Waals surface area contributed by atoms with Gasteiger partial charge in [-0.3, -0.25) is 4.79 Å². The summed E-state index contributed by atoms with van der Waals surface area (Å²) in [6.45, 7) is 7.01. The predicted octanol–water partition coefficient (Wildman–Crippen LogP) is 3.12. The van der Waals surface area contributed by atoms with E-state index in [9.17, 15) is 9.59 Å². The predicted molar refractivity (Wildman–Crippen MR) is 90.0 cm³/mol. The van der Waals surface area contributed by atoms with Gasteiger partial charge < -0.3 is 9.15 Å². The topological polar surface area (TPSA) is 70.7 Å². The number of fused-ring (bicyclic) bond motifs is 1. The average molecular weight is 324 g/mol. The molecule has 0 atom stereocenters. The maximum absolute atomic E-state index is 12.3. The Kier molecular flexibility index (Phi) is 3.93. The van der Waals surface area contributed by atoms with Crippen molar-refractivity contribution in [1.29, 1.82) is 0 Å². The summed E-state index contributed by atoms with van der Waals surface area (Å²) >= 11 is 0. The van der Waals surface area contributed by atoms with E-state index >= 15 is 0 Å². The Labute approximate surface area is 138 Å². The van der Waals surface area contributed by atoms with Crippen LogP contribution in [0.1, 0.15) is 23.6 Å². The van der Waals surface area contributed by atoms with E-state index in [-0.39, 0.29) is 11.6 Å². The number of H-pyrrole nitrogens is 1. The van der Waals surface area contributed by atoms with Gasteiger partial charge in [0.05, 0.1) is 5.56 Å². The van der Waals surface area contributed by atoms with Crippen LogP contribution in [0.25, 0.3) is 22.4 Å². The first-order valence-corrected chi connectivity index (χ1v) is 7.62. The van der Waals surface area contributed by atoms with Crippen molar-refractivity contribution < 1.29 is 18.9 Å². The van der Waals surface area contributed by atoms with E-state index in [2.05, 4.69) is 4.98 Å². The highest BCUT2D eigenvalue weighted by molar-refractivity contribution is 5.78. The first-order valence-electron chi connectivity index (χ1n) is 7.62. The van der Waals surface area contributed by atoms with E-state index in [0.29, 0.717) is 17.0 Å². The lowest BCUT2D eigenvalue weighted by Crippen LogP contribution is -2.17. The third-order valence-corrected chi connectivity index (χ3v) is 3.95. The van der Waals surface area contributed by atoms with Gasteiger partial charge >= 0.3 is 17.5 Å². The fraction of sp³-hybridized carbons (Fsp3) is 0.211. The van der Waals surface area contributed by atoms with Crippen LogP contribution in [-0.2, 0) is 4.79 Å². The van der Waals surface area contributed by atoms with E-state index in [0.717, 1.165) is 27.8 Å². The van der Waals surface area contributed by atoms with Gasteiger partial charge in [0.25, 0.3) is 0 Å². The number of aromatic nitrogens is 1. The Morgan fingerprint density at radius 3 is 2.54 bits per heavy atom. The van der Waals surface area contributed by atoms with E-state index in [4.69, 9.17) is 9.15 Å². The zero-order valence-corrected chi connectivity index (χ0v) is 14.0. The molecule has 5 nitrogen and oxygen atoms in total. The third kappa shape index (κ3) is 2.80. The number of hydrogen-bond donors (Lipinski definition) is 0. The SMILES string of the molecule is CC(=O)Oc1cc(C)c(-c2[nH+]c3c(C)cccc3c(=O)o2)cc1C. The van der Waals surface area contributed by atoms with Gasteiger partial charge in [0.2, 0.25) is 5.52 Å². The second-order valence-electron chi connectivity index (χ2n) is 5.87. The number of para-hydroxylation sites is 1. The smallest absolute Gasteiger partial charge is 0.382 e. The van der Waals surface area contributed by atoms with Crippen LogP contribution >= 0.6 is 0 Å². The molecular weight excluding hydrogens is 306 g/mol. The number of rotatable bonds is 2. The molecule has 2 aromatic carbocycles. The molecule has 3 rings (SSSR count). The quantitative estimate of drug-likeness (QED) is 0.536. The van der Waals surface area contributed by atoms with Crippen molar-refractivity contribution in [3.8, 4) is 17.2 Å². The van der Waals surface area contributed by atoms with Gasteiger partial charge in [-0.05, 0) is 50.1 Å². The number of hydrogen-bond acceptors (Lipinski definition) is 4. The van der Waals surface area contributed by atoms with Crippen molar-refractivity contribution in [2.45, 2.75) is 27.7 Å². The molecule has 0 aliphatic heterocycles. The number of carbonyl (C=O) groups is 1. The molecule has 0 radical (unpaired) electrons. The maximum Gasteiger partial charge on any atom is 0.382 e. The Bertz CT molecular complexity index is 1020. The lowest BCUT2D eigenvalue weighted by molar-refractivity contribution is -0.349. The molecule has 0 amide bonds. The van der Waals surface area contributed by atoms with Gasteiger partial charge in [-0.25, -0.2) is 4.79 Å². The summed E-state index contributed by atoms with van der Waals surface area (Å²) in [6.07, 6.45) is 0. The van der Waals surface area contributed by atoms with Gasteiger partial charge in [-0.2, -0.15) is 4.98 Å². The highest BCUT2D eigenvalue weighted by Crippen LogP contribution is 2.28. The summed E-state index contributed by atoms with van der Waals surface area (Å²) in [4.78, 5) is 26.7. The van der Waals surface area contributed by atoms with Crippen LogP contribution in [0, 0.1) is 20.8 Å². The van der Waals surface area contributed by atoms with Crippen molar-refractivity contribution in [2.75, 3.05) is 0 Å². The van der Waals surface area contributed by atoms with Crippen LogP contribution in [0.5, 0.6) is 5.75 Å².